The molecule has 0 aliphatic rings. The van der Waals surface area contributed by atoms with Gasteiger partial charge in [0.15, 0.2) is 0 Å². The van der Waals surface area contributed by atoms with Crippen LogP contribution in [0.1, 0.15) is 45.6 Å². The maximum atomic E-state index is 5.56. The van der Waals surface area contributed by atoms with Crippen LogP contribution >= 0.6 is 0 Å². The quantitative estimate of drug-likeness (QED) is 0.687. The molecule has 0 radical (unpaired) electrons. The van der Waals surface area contributed by atoms with Crippen molar-refractivity contribution in [1.82, 2.24) is 5.32 Å². The van der Waals surface area contributed by atoms with Crippen LogP contribution in [0.3, 0.4) is 0 Å². The number of hydrogen-bond acceptors (Lipinski definition) is 2. The van der Waals surface area contributed by atoms with E-state index in [9.17, 15) is 0 Å². The highest BCUT2D eigenvalue weighted by Gasteiger charge is 2.06. The normalized spacial score (nSPS) is 12.2. The van der Waals surface area contributed by atoms with Gasteiger partial charge in [0.2, 0.25) is 0 Å². The molecule has 0 bridgehead atoms. The molecule has 1 atom stereocenters. The number of nitrogens with one attached hydrogen (secondary N) is 1. The van der Waals surface area contributed by atoms with E-state index in [1.54, 1.807) is 0 Å². The summed E-state index contributed by atoms with van der Waals surface area (Å²) in [5, 5.41) is 3.56. The van der Waals surface area contributed by atoms with Crippen LogP contribution in [0, 0.1) is 18.3 Å². The second-order valence-electron chi connectivity index (χ2n) is 5.71. The minimum atomic E-state index is 0.320. The van der Waals surface area contributed by atoms with E-state index in [1.165, 1.54) is 24.8 Å². The fraction of sp³-hybridized carbons (Fsp3) is 0.556. The molecular formula is C18H27NO. The molecule has 0 aliphatic heterocycles. The van der Waals surface area contributed by atoms with E-state index in [2.05, 4.69) is 38.1 Å². The van der Waals surface area contributed by atoms with Crippen molar-refractivity contribution in [3.05, 3.63) is 29.8 Å². The van der Waals surface area contributed by atoms with E-state index >= 15 is 0 Å². The van der Waals surface area contributed by atoms with E-state index in [0.717, 1.165) is 18.2 Å². The molecule has 0 fully saturated rings. The van der Waals surface area contributed by atoms with Crippen LogP contribution in [0.25, 0.3) is 0 Å². The molecule has 20 heavy (non-hydrogen) atoms. The predicted octanol–water partition coefficient (Wildman–Crippen LogP) is 4.00. The third-order valence-electron chi connectivity index (χ3n) is 3.34. The van der Waals surface area contributed by atoms with E-state index in [0.29, 0.717) is 12.6 Å². The van der Waals surface area contributed by atoms with Gasteiger partial charge in [0, 0.05) is 18.2 Å². The zero-order valence-electron chi connectivity index (χ0n) is 13.0. The average molecular weight is 273 g/mol. The van der Waals surface area contributed by atoms with Gasteiger partial charge in [-0.15, -0.1) is 6.42 Å². The van der Waals surface area contributed by atoms with E-state index in [-0.39, 0.29) is 0 Å². The van der Waals surface area contributed by atoms with Gasteiger partial charge in [-0.25, -0.2) is 0 Å². The van der Waals surface area contributed by atoms with Crippen molar-refractivity contribution >= 4 is 0 Å². The molecule has 1 unspecified atom stereocenters. The molecule has 1 rings (SSSR count). The Morgan fingerprint density at radius 2 is 1.95 bits per heavy atom. The number of hydrogen-bond donors (Lipinski definition) is 1. The zero-order chi connectivity index (χ0) is 14.8. The average Bonchev–Trinajstić information content (AvgIpc) is 2.43. The Morgan fingerprint density at radius 1 is 1.20 bits per heavy atom. The first kappa shape index (κ1) is 16.6. The largest absolute Gasteiger partial charge is 0.481 e. The highest BCUT2D eigenvalue weighted by Crippen LogP contribution is 2.18. The second kappa shape index (κ2) is 9.44. The van der Waals surface area contributed by atoms with Crippen molar-refractivity contribution in [3.8, 4) is 18.1 Å². The summed E-state index contributed by atoms with van der Waals surface area (Å²) in [6.07, 6.45) is 9.03. The van der Waals surface area contributed by atoms with Crippen LogP contribution in [0.2, 0.25) is 0 Å². The number of ether oxygens (including phenoxy) is 1. The first-order valence-electron chi connectivity index (χ1n) is 7.51. The summed E-state index contributed by atoms with van der Waals surface area (Å²) in [6.45, 7) is 7.93. The van der Waals surface area contributed by atoms with Gasteiger partial charge in [-0.05, 0) is 25.3 Å². The Labute approximate surface area is 123 Å². The van der Waals surface area contributed by atoms with Crippen molar-refractivity contribution < 1.29 is 4.74 Å². The fourth-order valence-electron chi connectivity index (χ4n) is 2.13. The van der Waals surface area contributed by atoms with E-state index in [1.807, 2.05) is 18.2 Å². The van der Waals surface area contributed by atoms with Gasteiger partial charge in [-0.1, -0.05) is 50.8 Å². The summed E-state index contributed by atoms with van der Waals surface area (Å²) in [7, 11) is 0. The first-order chi connectivity index (χ1) is 9.63. The standard InChI is InChI=1S/C18H27NO/c1-5-13-20-18-12-7-6-11-17(18)14-19-16(4)10-8-9-15(2)3/h1,6-7,11-12,15-16,19H,8-10,13-14H2,2-4H3. The number of rotatable bonds is 9. The van der Waals surface area contributed by atoms with Crippen LogP contribution in [-0.2, 0) is 6.54 Å². The number of benzene rings is 1. The minimum Gasteiger partial charge on any atom is -0.481 e. The summed E-state index contributed by atoms with van der Waals surface area (Å²) < 4.78 is 5.56. The van der Waals surface area contributed by atoms with Gasteiger partial charge < -0.3 is 10.1 Å². The van der Waals surface area contributed by atoms with Crippen LogP contribution in [0.4, 0.5) is 0 Å². The molecule has 0 aromatic heterocycles. The van der Waals surface area contributed by atoms with Crippen LogP contribution < -0.4 is 10.1 Å². The first-order valence-corrected chi connectivity index (χ1v) is 7.51. The Morgan fingerprint density at radius 3 is 2.65 bits per heavy atom. The minimum absolute atomic E-state index is 0.320. The Bertz CT molecular complexity index is 420. The maximum Gasteiger partial charge on any atom is 0.148 e. The van der Waals surface area contributed by atoms with Crippen molar-refractivity contribution in [2.24, 2.45) is 5.92 Å². The molecule has 1 aromatic carbocycles. The maximum absolute atomic E-state index is 5.56. The summed E-state index contributed by atoms with van der Waals surface area (Å²) in [5.74, 6) is 4.18. The summed E-state index contributed by atoms with van der Waals surface area (Å²) in [5.41, 5.74) is 1.17. The molecule has 0 aliphatic carbocycles. The monoisotopic (exact) mass is 273 g/mol. The lowest BCUT2D eigenvalue weighted by atomic mass is 10.0. The molecule has 0 spiro atoms. The topological polar surface area (TPSA) is 21.3 Å². The van der Waals surface area contributed by atoms with Gasteiger partial charge in [0.05, 0.1) is 0 Å². The summed E-state index contributed by atoms with van der Waals surface area (Å²) in [4.78, 5) is 0. The predicted molar refractivity (Wildman–Crippen MR) is 85.8 cm³/mol. The second-order valence-corrected chi connectivity index (χ2v) is 5.71. The molecule has 1 N–H and O–H groups in total. The van der Waals surface area contributed by atoms with E-state index < -0.39 is 0 Å². The lowest BCUT2D eigenvalue weighted by molar-refractivity contribution is 0.363. The smallest absolute Gasteiger partial charge is 0.148 e. The number of para-hydroxylation sites is 1. The lowest BCUT2D eigenvalue weighted by Crippen LogP contribution is -2.25. The van der Waals surface area contributed by atoms with Crippen LogP contribution in [0.5, 0.6) is 5.75 Å². The van der Waals surface area contributed by atoms with Gasteiger partial charge in [0.1, 0.15) is 12.4 Å². The highest BCUT2D eigenvalue weighted by atomic mass is 16.5. The Hall–Kier alpha value is -1.46. The van der Waals surface area contributed by atoms with Crippen molar-refractivity contribution in [2.45, 2.75) is 52.6 Å². The molecule has 2 nitrogen and oxygen atoms in total. The molecule has 110 valence electrons. The third kappa shape index (κ3) is 6.63. The third-order valence-corrected chi connectivity index (χ3v) is 3.34. The van der Waals surface area contributed by atoms with Crippen molar-refractivity contribution in [3.63, 3.8) is 0 Å². The van der Waals surface area contributed by atoms with Crippen LogP contribution in [-0.4, -0.2) is 12.6 Å². The molecular weight excluding hydrogens is 246 g/mol. The molecule has 1 aromatic rings. The highest BCUT2D eigenvalue weighted by molar-refractivity contribution is 5.33. The van der Waals surface area contributed by atoms with Gasteiger partial charge >= 0.3 is 0 Å². The van der Waals surface area contributed by atoms with Crippen molar-refractivity contribution in [1.29, 1.82) is 0 Å². The molecule has 0 amide bonds. The Balaban J connectivity index is 2.39. The SMILES string of the molecule is C#CCOc1ccccc1CNC(C)CCCC(C)C. The lowest BCUT2D eigenvalue weighted by Gasteiger charge is -2.16. The fourth-order valence-corrected chi connectivity index (χ4v) is 2.13. The van der Waals surface area contributed by atoms with Crippen LogP contribution in [0.15, 0.2) is 24.3 Å². The summed E-state index contributed by atoms with van der Waals surface area (Å²) in [6, 6.07) is 8.58. The molecule has 2 heteroatoms. The van der Waals surface area contributed by atoms with E-state index in [4.69, 9.17) is 11.2 Å². The zero-order valence-corrected chi connectivity index (χ0v) is 13.0. The Kier molecular flexibility index (Phi) is 7.84. The van der Waals surface area contributed by atoms with Crippen molar-refractivity contribution in [2.75, 3.05) is 6.61 Å². The van der Waals surface area contributed by atoms with Gasteiger partial charge in [-0.3, -0.25) is 0 Å². The van der Waals surface area contributed by atoms with Gasteiger partial charge in [-0.2, -0.15) is 0 Å². The summed E-state index contributed by atoms with van der Waals surface area (Å²) >= 11 is 0. The molecule has 0 saturated heterocycles. The van der Waals surface area contributed by atoms with Gasteiger partial charge in [0.25, 0.3) is 0 Å². The molecule has 0 saturated carbocycles. The number of terminal acetylenes is 1. The molecule has 0 heterocycles.